The molecule has 0 aliphatic rings. The van der Waals surface area contributed by atoms with Crippen LogP contribution in [0.4, 0.5) is 14.5 Å². The summed E-state index contributed by atoms with van der Waals surface area (Å²) in [5.41, 5.74) is 1.49. The second-order valence-corrected chi connectivity index (χ2v) is 7.69. The van der Waals surface area contributed by atoms with Gasteiger partial charge in [0.15, 0.2) is 6.61 Å². The number of hydrogen-bond acceptors (Lipinski definition) is 6. The molecule has 6 nitrogen and oxygen atoms in total. The monoisotopic (exact) mass is 496 g/mol. The number of alkyl halides is 2. The van der Waals surface area contributed by atoms with Crippen molar-refractivity contribution in [1.29, 1.82) is 0 Å². The van der Waals surface area contributed by atoms with Gasteiger partial charge >= 0.3 is 12.6 Å². The highest BCUT2D eigenvalue weighted by molar-refractivity contribution is 9.10. The summed E-state index contributed by atoms with van der Waals surface area (Å²) >= 11 is 4.79. The van der Waals surface area contributed by atoms with Crippen molar-refractivity contribution < 1.29 is 27.8 Å². The Kier molecular flexibility index (Phi) is 7.47. The first-order valence-corrected chi connectivity index (χ1v) is 10.3. The van der Waals surface area contributed by atoms with E-state index in [0.29, 0.717) is 5.69 Å². The number of benzene rings is 2. The minimum absolute atomic E-state index is 0.0528. The van der Waals surface area contributed by atoms with Crippen LogP contribution in [0.25, 0.3) is 10.6 Å². The zero-order valence-electron chi connectivity index (χ0n) is 15.3. The van der Waals surface area contributed by atoms with E-state index in [-0.39, 0.29) is 17.9 Å². The molecule has 2 aromatic carbocycles. The number of anilines is 1. The minimum Gasteiger partial charge on any atom is -0.455 e. The number of esters is 1. The first-order chi connectivity index (χ1) is 14.4. The summed E-state index contributed by atoms with van der Waals surface area (Å²) in [4.78, 5) is 28.4. The third-order valence-corrected chi connectivity index (χ3v) is 5.12. The average Bonchev–Trinajstić information content (AvgIpc) is 3.16. The standard InChI is InChI=1S/C20H15BrF2N2O4S/c21-13-5-3-4-12(8-13)19-24-14(11-30-19)9-18(27)28-10-17(26)25-15-6-1-2-7-16(15)29-20(22)23/h1-8,11,20H,9-10H2,(H,25,26). The Balaban J connectivity index is 1.51. The van der Waals surface area contributed by atoms with Crippen molar-refractivity contribution in [3.63, 3.8) is 0 Å². The highest BCUT2D eigenvalue weighted by Gasteiger charge is 2.14. The highest BCUT2D eigenvalue weighted by atomic mass is 79.9. The molecule has 0 aliphatic carbocycles. The molecule has 0 bridgehead atoms. The van der Waals surface area contributed by atoms with Crippen molar-refractivity contribution >= 4 is 44.8 Å². The molecule has 1 aromatic heterocycles. The van der Waals surface area contributed by atoms with Crippen LogP contribution in [0, 0.1) is 0 Å². The highest BCUT2D eigenvalue weighted by Crippen LogP contribution is 2.27. The van der Waals surface area contributed by atoms with Gasteiger partial charge in [-0.05, 0) is 24.3 Å². The summed E-state index contributed by atoms with van der Waals surface area (Å²) in [6.45, 7) is -3.59. The van der Waals surface area contributed by atoms with Gasteiger partial charge in [-0.2, -0.15) is 8.78 Å². The summed E-state index contributed by atoms with van der Waals surface area (Å²) in [5.74, 6) is -1.50. The Labute approximate surface area is 183 Å². The molecule has 0 aliphatic heterocycles. The fourth-order valence-corrected chi connectivity index (χ4v) is 3.66. The number of ether oxygens (including phenoxy) is 2. The number of hydrogen-bond donors (Lipinski definition) is 1. The molecular weight excluding hydrogens is 482 g/mol. The van der Waals surface area contributed by atoms with E-state index in [1.165, 1.54) is 29.5 Å². The number of nitrogens with one attached hydrogen (secondary N) is 1. The van der Waals surface area contributed by atoms with Crippen LogP contribution in [0.1, 0.15) is 5.69 Å². The molecule has 0 atom stereocenters. The number of para-hydroxylation sites is 2. The van der Waals surface area contributed by atoms with Crippen molar-refractivity contribution in [1.82, 2.24) is 4.98 Å². The van der Waals surface area contributed by atoms with Crippen molar-refractivity contribution in [2.75, 3.05) is 11.9 Å². The molecule has 1 N–H and O–H groups in total. The maximum atomic E-state index is 12.4. The SMILES string of the molecule is O=C(COC(=O)Cc1csc(-c2cccc(Br)c2)n1)Nc1ccccc1OC(F)F. The zero-order chi connectivity index (χ0) is 21.5. The number of carbonyl (C=O) groups is 2. The van der Waals surface area contributed by atoms with Crippen LogP contribution in [-0.4, -0.2) is 30.1 Å². The van der Waals surface area contributed by atoms with Gasteiger partial charge in [-0.15, -0.1) is 11.3 Å². The first kappa shape index (κ1) is 21.8. The molecule has 10 heteroatoms. The fraction of sp³-hybridized carbons (Fsp3) is 0.150. The third-order valence-electron chi connectivity index (χ3n) is 3.69. The molecule has 3 aromatic rings. The predicted octanol–water partition coefficient (Wildman–Crippen LogP) is 4.90. The molecule has 1 heterocycles. The van der Waals surface area contributed by atoms with Gasteiger partial charge in [0.25, 0.3) is 5.91 Å². The number of carbonyl (C=O) groups excluding carboxylic acids is 2. The first-order valence-electron chi connectivity index (χ1n) is 8.60. The van der Waals surface area contributed by atoms with E-state index >= 15 is 0 Å². The van der Waals surface area contributed by atoms with Gasteiger partial charge in [0.05, 0.1) is 17.8 Å². The van der Waals surface area contributed by atoms with Gasteiger partial charge in [0, 0.05) is 15.4 Å². The lowest BCUT2D eigenvalue weighted by molar-refractivity contribution is -0.146. The number of rotatable bonds is 8. The average molecular weight is 497 g/mol. The maximum Gasteiger partial charge on any atom is 0.387 e. The largest absolute Gasteiger partial charge is 0.455 e. The van der Waals surface area contributed by atoms with Gasteiger partial charge in [-0.1, -0.05) is 40.2 Å². The second kappa shape index (κ2) is 10.3. The molecule has 0 saturated carbocycles. The topological polar surface area (TPSA) is 77.5 Å². The second-order valence-electron chi connectivity index (χ2n) is 5.91. The van der Waals surface area contributed by atoms with E-state index < -0.39 is 25.1 Å². The van der Waals surface area contributed by atoms with Gasteiger partial charge in [-0.3, -0.25) is 9.59 Å². The Morgan fingerprint density at radius 1 is 1.17 bits per heavy atom. The molecule has 0 spiro atoms. The summed E-state index contributed by atoms with van der Waals surface area (Å²) in [7, 11) is 0. The molecule has 30 heavy (non-hydrogen) atoms. The Morgan fingerprint density at radius 3 is 2.73 bits per heavy atom. The van der Waals surface area contributed by atoms with Crippen LogP contribution in [-0.2, 0) is 20.7 Å². The van der Waals surface area contributed by atoms with Gasteiger partial charge in [0.2, 0.25) is 0 Å². The molecule has 156 valence electrons. The van der Waals surface area contributed by atoms with Crippen molar-refractivity contribution in [3.8, 4) is 16.3 Å². The van der Waals surface area contributed by atoms with E-state index in [4.69, 9.17) is 4.74 Å². The van der Waals surface area contributed by atoms with Gasteiger partial charge in [0.1, 0.15) is 10.8 Å². The minimum atomic E-state index is -3.03. The fourth-order valence-electron chi connectivity index (χ4n) is 2.44. The number of amides is 1. The van der Waals surface area contributed by atoms with E-state index in [1.54, 1.807) is 11.4 Å². The van der Waals surface area contributed by atoms with E-state index in [1.807, 2.05) is 24.3 Å². The van der Waals surface area contributed by atoms with Crippen molar-refractivity contribution in [2.24, 2.45) is 0 Å². The third kappa shape index (κ3) is 6.33. The molecular formula is C20H15BrF2N2O4S. The van der Waals surface area contributed by atoms with Gasteiger partial charge in [-0.25, -0.2) is 4.98 Å². The summed E-state index contributed by atoms with van der Waals surface area (Å²) in [6, 6.07) is 13.3. The Bertz CT molecular complexity index is 1040. The van der Waals surface area contributed by atoms with Crippen molar-refractivity contribution in [3.05, 3.63) is 64.1 Å². The number of thiazole rings is 1. The van der Waals surface area contributed by atoms with Crippen LogP contribution in [0.15, 0.2) is 58.4 Å². The van der Waals surface area contributed by atoms with Crippen LogP contribution in [0.5, 0.6) is 5.75 Å². The van der Waals surface area contributed by atoms with E-state index in [2.05, 4.69) is 31.0 Å². The zero-order valence-corrected chi connectivity index (χ0v) is 17.7. The van der Waals surface area contributed by atoms with E-state index in [0.717, 1.165) is 15.0 Å². The lowest BCUT2D eigenvalue weighted by atomic mass is 10.2. The number of aromatic nitrogens is 1. The molecule has 0 fully saturated rings. The van der Waals surface area contributed by atoms with Crippen molar-refractivity contribution in [2.45, 2.75) is 13.0 Å². The lowest BCUT2D eigenvalue weighted by Gasteiger charge is -2.11. The Hall–Kier alpha value is -2.85. The number of halogens is 3. The predicted molar refractivity (Wildman–Crippen MR) is 112 cm³/mol. The summed E-state index contributed by atoms with van der Waals surface area (Å²) in [5, 5.41) is 4.88. The van der Waals surface area contributed by atoms with Crippen LogP contribution >= 0.6 is 27.3 Å². The maximum absolute atomic E-state index is 12.4. The summed E-state index contributed by atoms with van der Waals surface area (Å²) < 4.78 is 35.0. The van der Waals surface area contributed by atoms with E-state index in [9.17, 15) is 18.4 Å². The van der Waals surface area contributed by atoms with Crippen LogP contribution in [0.3, 0.4) is 0 Å². The molecule has 0 unspecified atom stereocenters. The molecule has 0 saturated heterocycles. The molecule has 0 radical (unpaired) electrons. The lowest BCUT2D eigenvalue weighted by Crippen LogP contribution is -2.22. The molecule has 3 rings (SSSR count). The molecule has 1 amide bonds. The summed E-state index contributed by atoms with van der Waals surface area (Å²) in [6.07, 6.45) is -0.0944. The van der Waals surface area contributed by atoms with Crippen LogP contribution < -0.4 is 10.1 Å². The van der Waals surface area contributed by atoms with Crippen LogP contribution in [0.2, 0.25) is 0 Å². The quantitative estimate of drug-likeness (QED) is 0.448. The normalized spacial score (nSPS) is 10.7. The smallest absolute Gasteiger partial charge is 0.387 e. The Morgan fingerprint density at radius 2 is 1.97 bits per heavy atom. The number of nitrogens with zero attached hydrogens (tertiary/aromatic N) is 1. The van der Waals surface area contributed by atoms with Gasteiger partial charge < -0.3 is 14.8 Å².